The summed E-state index contributed by atoms with van der Waals surface area (Å²) < 4.78 is 0. The Bertz CT molecular complexity index is 1270. The van der Waals surface area contributed by atoms with Gasteiger partial charge in [0.25, 0.3) is 0 Å². The van der Waals surface area contributed by atoms with Crippen molar-refractivity contribution in [2.24, 2.45) is 0 Å². The summed E-state index contributed by atoms with van der Waals surface area (Å²) in [5.41, 5.74) is 0. The van der Waals surface area contributed by atoms with Gasteiger partial charge in [0.2, 0.25) is 0 Å². The first-order valence-corrected chi connectivity index (χ1v) is 46.2. The Hall–Kier alpha value is 0.120. The van der Waals surface area contributed by atoms with Crippen molar-refractivity contribution in [2.45, 2.75) is 554 Å². The first kappa shape index (κ1) is 103. The van der Waals surface area contributed by atoms with Crippen LogP contribution in [0.2, 0.25) is 0 Å². The molecule has 588 valence electrons. The molecule has 0 aromatic carbocycles. The molecule has 0 bridgehead atoms. The predicted molar refractivity (Wildman–Crippen MR) is 441 cm³/mol. The van der Waals surface area contributed by atoms with Gasteiger partial charge >= 0.3 is 37.7 Å². The summed E-state index contributed by atoms with van der Waals surface area (Å²) in [5, 5.41) is 23.6. The molecule has 7 heteroatoms. The second-order valence-electron chi connectivity index (χ2n) is 32.0. The monoisotopic (exact) mass is 1420 g/mol. The maximum absolute atomic E-state index is 11.8. The van der Waals surface area contributed by atoms with Crippen LogP contribution in [-0.2, 0) is 9.59 Å². The second kappa shape index (κ2) is 92.3. The summed E-state index contributed by atoms with van der Waals surface area (Å²) in [5.74, 6) is -1.75. The summed E-state index contributed by atoms with van der Waals surface area (Å²) in [6.07, 6.45) is 107. The Balaban J connectivity index is -0.00000184. The molecule has 2 unspecified atom stereocenters. The molecule has 0 saturated carbocycles. The Labute approximate surface area is 655 Å². The maximum atomic E-state index is 11.8. The van der Waals surface area contributed by atoms with Crippen LogP contribution in [0.1, 0.15) is 542 Å². The molecule has 0 radical (unpaired) electrons. The van der Waals surface area contributed by atoms with Gasteiger partial charge in [0.05, 0.1) is 11.9 Å². The number of hydrogen-bond acceptors (Lipinski definition) is 6. The van der Waals surface area contributed by atoms with Crippen LogP contribution in [0.25, 0.3) is 0 Å². The number of aliphatic carboxylic acids is 2. The molecule has 0 aliphatic heterocycles. The average Bonchev–Trinajstić information content (AvgIpc) is 1.10. The van der Waals surface area contributed by atoms with Crippen molar-refractivity contribution in [1.82, 2.24) is 9.80 Å². The molecule has 0 rings (SSSR count). The van der Waals surface area contributed by atoms with Crippen LogP contribution in [0, 0.1) is 0 Å². The number of carbonyl (C=O) groups is 2. The smallest absolute Gasteiger partial charge is 0.548 e. The summed E-state index contributed by atoms with van der Waals surface area (Å²) in [7, 11) is 0. The Morgan fingerprint density at radius 2 is 0.273 bits per heavy atom. The third-order valence-corrected chi connectivity index (χ3v) is 22.4. The van der Waals surface area contributed by atoms with Gasteiger partial charge in [-0.2, -0.15) is 0 Å². The number of rotatable bonds is 86. The van der Waals surface area contributed by atoms with Gasteiger partial charge < -0.3 is 19.8 Å². The molecule has 0 aromatic heterocycles. The largest absolute Gasteiger partial charge is 2.00 e. The van der Waals surface area contributed by atoms with Crippen molar-refractivity contribution in [3.8, 4) is 0 Å². The van der Waals surface area contributed by atoms with Crippen molar-refractivity contribution in [3.05, 3.63) is 0 Å². The summed E-state index contributed by atoms with van der Waals surface area (Å²) in [6.45, 7) is 16.9. The molecule has 99 heavy (non-hydrogen) atoms. The molecule has 0 amide bonds. The van der Waals surface area contributed by atoms with E-state index in [1.54, 1.807) is 0 Å². The van der Waals surface area contributed by atoms with E-state index in [9.17, 15) is 19.8 Å². The van der Waals surface area contributed by atoms with Crippen molar-refractivity contribution >= 4 is 49.7 Å². The third kappa shape index (κ3) is 83.6. The minimum Gasteiger partial charge on any atom is -0.548 e. The van der Waals surface area contributed by atoms with Crippen LogP contribution in [0.4, 0.5) is 0 Å². The van der Waals surface area contributed by atoms with Crippen molar-refractivity contribution in [3.63, 3.8) is 0 Å². The van der Waals surface area contributed by atoms with E-state index in [1.807, 2.05) is 13.8 Å². The van der Waals surface area contributed by atoms with Gasteiger partial charge in [0.15, 0.2) is 0 Å². The van der Waals surface area contributed by atoms with Gasteiger partial charge in [-0.05, 0) is 64.7 Å². The number of carbonyl (C=O) groups excluding carboxylic acids is 2. The van der Waals surface area contributed by atoms with Crippen molar-refractivity contribution < 1.29 is 19.8 Å². The van der Waals surface area contributed by atoms with Crippen LogP contribution in [0.15, 0.2) is 0 Å². The zero-order chi connectivity index (χ0) is 71.4. The minimum atomic E-state index is -0.877. The molecule has 0 spiro atoms. The molecule has 0 saturated heterocycles. The van der Waals surface area contributed by atoms with E-state index in [4.69, 9.17) is 0 Å². The van der Waals surface area contributed by atoms with Gasteiger partial charge in [-0.25, -0.2) is 0 Å². The van der Waals surface area contributed by atoms with E-state index >= 15 is 0 Å². The van der Waals surface area contributed by atoms with Gasteiger partial charge in [-0.1, -0.05) is 504 Å². The number of unbranched alkanes of at least 4 members (excludes halogenated alkanes) is 72. The van der Waals surface area contributed by atoms with E-state index in [1.165, 1.54) is 462 Å². The Kier molecular flexibility index (Phi) is 96.3. The number of carboxylic acids is 2. The van der Waals surface area contributed by atoms with Gasteiger partial charge in [0.1, 0.15) is 0 Å². The zero-order valence-electron chi connectivity index (χ0n) is 69.4. The molecule has 0 fully saturated rings. The molecular formula is C92H184CaN2O4. The summed E-state index contributed by atoms with van der Waals surface area (Å²) in [4.78, 5) is 28.1. The van der Waals surface area contributed by atoms with Gasteiger partial charge in [0, 0.05) is 12.1 Å². The SMILES string of the molecule is CCCCCCCCCCCCCCCCCCCCCN(CCCCCCCCCCCCCCCCCCCCC)C(CC)C(=O)[O-].CCCCCCCCCCCCCCCCCCCCCN(CCCCCCCCCCCCCCCCCCCCC)C(CC)C(=O)[O-].[Ca+2]. The van der Waals surface area contributed by atoms with E-state index < -0.39 is 24.0 Å². The summed E-state index contributed by atoms with van der Waals surface area (Å²) >= 11 is 0. The normalized spacial score (nSPS) is 12.2. The molecule has 6 nitrogen and oxygen atoms in total. The number of nitrogens with zero attached hydrogens (tertiary/aromatic N) is 2. The molecule has 0 aliphatic rings. The third-order valence-electron chi connectivity index (χ3n) is 22.4. The zero-order valence-corrected chi connectivity index (χ0v) is 71.6. The van der Waals surface area contributed by atoms with Crippen molar-refractivity contribution in [2.75, 3.05) is 26.2 Å². The van der Waals surface area contributed by atoms with Gasteiger partial charge in [-0.3, -0.25) is 9.80 Å². The van der Waals surface area contributed by atoms with E-state index in [2.05, 4.69) is 37.5 Å². The van der Waals surface area contributed by atoms with Crippen LogP contribution >= 0.6 is 0 Å². The fourth-order valence-corrected chi connectivity index (χ4v) is 15.6. The van der Waals surface area contributed by atoms with Crippen molar-refractivity contribution in [1.29, 1.82) is 0 Å². The Morgan fingerprint density at radius 3 is 0.354 bits per heavy atom. The molecule has 0 heterocycles. The number of hydrogen-bond donors (Lipinski definition) is 0. The van der Waals surface area contributed by atoms with E-state index in [0.29, 0.717) is 12.8 Å². The van der Waals surface area contributed by atoms with Crippen LogP contribution < -0.4 is 10.2 Å². The van der Waals surface area contributed by atoms with Gasteiger partial charge in [-0.15, -0.1) is 0 Å². The fraction of sp³-hybridized carbons (Fsp3) is 0.978. The average molecular weight is 1420 g/mol. The fourth-order valence-electron chi connectivity index (χ4n) is 15.6. The number of carboxylic acid groups (broad SMARTS) is 2. The quantitative estimate of drug-likeness (QED) is 0.0445. The van der Waals surface area contributed by atoms with E-state index in [0.717, 1.165) is 51.9 Å². The van der Waals surface area contributed by atoms with Crippen LogP contribution in [0.5, 0.6) is 0 Å². The first-order valence-electron chi connectivity index (χ1n) is 46.2. The first-order chi connectivity index (χ1) is 48.3. The standard InChI is InChI=1S/2C46H93NO2.Ca/c2*1-4-7-9-11-13-15-17-19-21-23-25-27-29-31-33-35-37-39-41-43-47(45(6-3)46(48)49)44-42-40-38-36-34-32-30-28-26-24-22-20-18-16-14-12-10-8-5-2;/h2*45H,4-44H2,1-3H3,(H,48,49);/q;;+2/p-2. The molecule has 0 aliphatic carbocycles. The van der Waals surface area contributed by atoms with Crippen LogP contribution in [0.3, 0.4) is 0 Å². The molecular weight excluding hydrogens is 1240 g/mol. The molecule has 2 atom stereocenters. The van der Waals surface area contributed by atoms with E-state index in [-0.39, 0.29) is 37.7 Å². The predicted octanol–water partition coefficient (Wildman–Crippen LogP) is 29.0. The minimum absolute atomic E-state index is 0. The molecule has 0 N–H and O–H groups in total. The second-order valence-corrected chi connectivity index (χ2v) is 32.0. The topological polar surface area (TPSA) is 86.7 Å². The van der Waals surface area contributed by atoms with Crippen LogP contribution in [-0.4, -0.2) is 97.7 Å². The summed E-state index contributed by atoms with van der Waals surface area (Å²) in [6, 6.07) is -0.822. The maximum Gasteiger partial charge on any atom is 2.00 e. The molecule has 0 aromatic rings. The Morgan fingerprint density at radius 1 is 0.182 bits per heavy atom.